The lowest BCUT2D eigenvalue weighted by Gasteiger charge is -2.33. The second-order valence-electron chi connectivity index (χ2n) is 5.13. The molecule has 0 heterocycles. The third-order valence-electron chi connectivity index (χ3n) is 3.47. The fourth-order valence-electron chi connectivity index (χ4n) is 2.30. The van der Waals surface area contributed by atoms with Crippen molar-refractivity contribution in [3.63, 3.8) is 0 Å². The number of anilines is 1. The molecule has 0 amide bonds. The number of likely N-dealkylation sites (N-methyl/N-ethyl adjacent to an activating group) is 1. The van der Waals surface area contributed by atoms with Gasteiger partial charge in [-0.1, -0.05) is 30.3 Å². The molecule has 0 aliphatic heterocycles. The summed E-state index contributed by atoms with van der Waals surface area (Å²) < 4.78 is 13.0. The summed E-state index contributed by atoms with van der Waals surface area (Å²) in [7, 11) is 0. The van der Waals surface area contributed by atoms with Gasteiger partial charge in [0.25, 0.3) is 0 Å². The minimum atomic E-state index is -1.03. The van der Waals surface area contributed by atoms with Gasteiger partial charge in [0, 0.05) is 12.2 Å². The number of hydrogen-bond donors (Lipinski definition) is 1. The van der Waals surface area contributed by atoms with Crippen LogP contribution in [0.1, 0.15) is 19.4 Å². The van der Waals surface area contributed by atoms with Crippen molar-refractivity contribution >= 4 is 5.69 Å². The van der Waals surface area contributed by atoms with Crippen molar-refractivity contribution in [1.82, 2.24) is 0 Å². The molecule has 1 N–H and O–H groups in total. The first-order valence-electron chi connectivity index (χ1n) is 6.81. The van der Waals surface area contributed by atoms with Crippen LogP contribution in [0, 0.1) is 5.82 Å². The van der Waals surface area contributed by atoms with E-state index in [2.05, 4.69) is 4.90 Å². The Labute approximate surface area is 119 Å². The molecular formula is C17H20FNO. The molecule has 3 heteroatoms. The van der Waals surface area contributed by atoms with Crippen molar-refractivity contribution in [2.45, 2.75) is 19.4 Å². The maximum Gasteiger partial charge on any atom is 0.123 e. The molecule has 2 aromatic carbocycles. The second-order valence-corrected chi connectivity index (χ2v) is 5.13. The smallest absolute Gasteiger partial charge is 0.123 e. The molecule has 106 valence electrons. The highest BCUT2D eigenvalue weighted by atomic mass is 19.1. The summed E-state index contributed by atoms with van der Waals surface area (Å²) in [6.45, 7) is 5.06. The number of rotatable bonds is 5. The number of halogens is 1. The number of nitrogens with zero attached hydrogens (tertiary/aromatic N) is 1. The maximum absolute atomic E-state index is 13.0. The number of aliphatic hydroxyl groups is 1. The van der Waals surface area contributed by atoms with Crippen molar-refractivity contribution < 1.29 is 9.50 Å². The quantitative estimate of drug-likeness (QED) is 0.900. The molecular weight excluding hydrogens is 253 g/mol. The highest BCUT2D eigenvalue weighted by Gasteiger charge is 2.26. The van der Waals surface area contributed by atoms with E-state index >= 15 is 0 Å². The van der Waals surface area contributed by atoms with Gasteiger partial charge >= 0.3 is 0 Å². The first-order valence-corrected chi connectivity index (χ1v) is 6.81. The Morgan fingerprint density at radius 3 is 2.20 bits per heavy atom. The molecule has 1 atom stereocenters. The molecule has 20 heavy (non-hydrogen) atoms. The number of hydrogen-bond acceptors (Lipinski definition) is 2. The van der Waals surface area contributed by atoms with Crippen LogP contribution < -0.4 is 4.90 Å². The SMILES string of the molecule is CCN(CC(C)(O)c1ccc(F)cc1)c1ccccc1. The van der Waals surface area contributed by atoms with Gasteiger partial charge in [0.15, 0.2) is 0 Å². The third-order valence-corrected chi connectivity index (χ3v) is 3.47. The summed E-state index contributed by atoms with van der Waals surface area (Å²) in [4.78, 5) is 2.10. The van der Waals surface area contributed by atoms with Gasteiger partial charge in [0.2, 0.25) is 0 Å². The lowest BCUT2D eigenvalue weighted by atomic mass is 9.95. The Bertz CT molecular complexity index is 537. The largest absolute Gasteiger partial charge is 0.384 e. The van der Waals surface area contributed by atoms with Crippen LogP contribution in [0.5, 0.6) is 0 Å². The Kier molecular flexibility index (Phi) is 4.40. The highest BCUT2D eigenvalue weighted by Crippen LogP contribution is 2.25. The van der Waals surface area contributed by atoms with Gasteiger partial charge in [-0.2, -0.15) is 0 Å². The highest BCUT2D eigenvalue weighted by molar-refractivity contribution is 5.46. The zero-order valence-electron chi connectivity index (χ0n) is 11.9. The van der Waals surface area contributed by atoms with E-state index in [4.69, 9.17) is 0 Å². The average Bonchev–Trinajstić information content (AvgIpc) is 2.46. The van der Waals surface area contributed by atoms with E-state index in [0.29, 0.717) is 12.1 Å². The van der Waals surface area contributed by atoms with Crippen molar-refractivity contribution in [3.05, 3.63) is 66.0 Å². The Balaban J connectivity index is 2.19. The molecule has 0 bridgehead atoms. The Hall–Kier alpha value is -1.87. The van der Waals surface area contributed by atoms with Crippen LogP contribution in [0.3, 0.4) is 0 Å². The van der Waals surface area contributed by atoms with E-state index in [1.807, 2.05) is 37.3 Å². The molecule has 2 nitrogen and oxygen atoms in total. The zero-order chi connectivity index (χ0) is 14.6. The molecule has 0 aromatic heterocycles. The average molecular weight is 273 g/mol. The maximum atomic E-state index is 13.0. The van der Waals surface area contributed by atoms with Gasteiger partial charge in [-0.25, -0.2) is 4.39 Å². The van der Waals surface area contributed by atoms with Crippen LogP contribution in [0.25, 0.3) is 0 Å². The predicted molar refractivity (Wildman–Crippen MR) is 80.3 cm³/mol. The normalized spacial score (nSPS) is 13.8. The van der Waals surface area contributed by atoms with E-state index < -0.39 is 5.60 Å². The van der Waals surface area contributed by atoms with Crippen molar-refractivity contribution in [2.75, 3.05) is 18.0 Å². The van der Waals surface area contributed by atoms with Crippen molar-refractivity contribution in [2.24, 2.45) is 0 Å². The van der Waals surface area contributed by atoms with Gasteiger partial charge in [0.1, 0.15) is 11.4 Å². The van der Waals surface area contributed by atoms with Crippen molar-refractivity contribution in [1.29, 1.82) is 0 Å². The van der Waals surface area contributed by atoms with Gasteiger partial charge in [-0.15, -0.1) is 0 Å². The first-order chi connectivity index (χ1) is 9.53. The summed E-state index contributed by atoms with van der Waals surface area (Å²) in [5.74, 6) is -0.292. The summed E-state index contributed by atoms with van der Waals surface area (Å²) >= 11 is 0. The molecule has 0 saturated heterocycles. The monoisotopic (exact) mass is 273 g/mol. The van der Waals surface area contributed by atoms with E-state index in [1.165, 1.54) is 12.1 Å². The predicted octanol–water partition coefficient (Wildman–Crippen LogP) is 3.56. The van der Waals surface area contributed by atoms with Crippen LogP contribution in [0.4, 0.5) is 10.1 Å². The lowest BCUT2D eigenvalue weighted by molar-refractivity contribution is 0.0646. The molecule has 0 aliphatic carbocycles. The summed E-state index contributed by atoms with van der Waals surface area (Å²) in [5, 5.41) is 10.7. The second kappa shape index (κ2) is 6.06. The van der Waals surface area contributed by atoms with Gasteiger partial charge in [0.05, 0.1) is 6.54 Å². The number of benzene rings is 2. The minimum Gasteiger partial charge on any atom is -0.384 e. The molecule has 0 aliphatic rings. The Morgan fingerprint density at radius 2 is 1.65 bits per heavy atom. The third kappa shape index (κ3) is 3.36. The van der Waals surface area contributed by atoms with Gasteiger partial charge < -0.3 is 10.0 Å². The van der Waals surface area contributed by atoms with Gasteiger partial charge in [-0.05, 0) is 43.7 Å². The fraction of sp³-hybridized carbons (Fsp3) is 0.294. The molecule has 0 radical (unpaired) electrons. The van der Waals surface area contributed by atoms with E-state index in [1.54, 1.807) is 19.1 Å². The van der Waals surface area contributed by atoms with Crippen LogP contribution in [-0.2, 0) is 5.60 Å². The molecule has 0 fully saturated rings. The molecule has 2 aromatic rings. The van der Waals surface area contributed by atoms with Crippen LogP contribution >= 0.6 is 0 Å². The van der Waals surface area contributed by atoms with E-state index in [9.17, 15) is 9.50 Å². The Morgan fingerprint density at radius 1 is 1.05 bits per heavy atom. The molecule has 0 saturated carbocycles. The zero-order valence-corrected chi connectivity index (χ0v) is 11.9. The standard InChI is InChI=1S/C17H20FNO/c1-3-19(16-7-5-4-6-8-16)13-17(2,20)14-9-11-15(18)12-10-14/h4-12,20H,3,13H2,1-2H3. The van der Waals surface area contributed by atoms with E-state index in [0.717, 1.165) is 12.2 Å². The molecule has 2 rings (SSSR count). The summed E-state index contributed by atoms with van der Waals surface area (Å²) in [5.41, 5.74) is 0.755. The molecule has 1 unspecified atom stereocenters. The van der Waals surface area contributed by atoms with Crippen molar-refractivity contribution in [3.8, 4) is 0 Å². The topological polar surface area (TPSA) is 23.5 Å². The number of para-hydroxylation sites is 1. The summed E-state index contributed by atoms with van der Waals surface area (Å²) in [6, 6.07) is 16.0. The fourth-order valence-corrected chi connectivity index (χ4v) is 2.30. The summed E-state index contributed by atoms with van der Waals surface area (Å²) in [6.07, 6.45) is 0. The van der Waals surface area contributed by atoms with E-state index in [-0.39, 0.29) is 5.82 Å². The van der Waals surface area contributed by atoms with Crippen LogP contribution in [-0.4, -0.2) is 18.2 Å². The molecule has 0 spiro atoms. The van der Waals surface area contributed by atoms with Gasteiger partial charge in [-0.3, -0.25) is 0 Å². The lowest BCUT2D eigenvalue weighted by Crippen LogP contribution is -2.39. The minimum absolute atomic E-state index is 0.292. The first kappa shape index (κ1) is 14.5. The van der Waals surface area contributed by atoms with Crippen LogP contribution in [0.2, 0.25) is 0 Å². The van der Waals surface area contributed by atoms with Crippen LogP contribution in [0.15, 0.2) is 54.6 Å².